The van der Waals surface area contributed by atoms with E-state index in [0.717, 1.165) is 4.47 Å². The van der Waals surface area contributed by atoms with Crippen molar-refractivity contribution in [2.75, 3.05) is 11.9 Å². The molecule has 0 aliphatic rings. The van der Waals surface area contributed by atoms with Gasteiger partial charge in [0.15, 0.2) is 4.34 Å². The van der Waals surface area contributed by atoms with Crippen LogP contribution in [0.1, 0.15) is 24.2 Å². The molecule has 128 valence electrons. The maximum Gasteiger partial charge on any atom is 0.319 e. The zero-order valence-electron chi connectivity index (χ0n) is 12.7. The van der Waals surface area contributed by atoms with Gasteiger partial charge in [-0.05, 0) is 32.0 Å². The lowest BCUT2D eigenvalue weighted by Gasteiger charge is -2.07. The summed E-state index contributed by atoms with van der Waals surface area (Å²) < 4.78 is 6.24. The summed E-state index contributed by atoms with van der Waals surface area (Å²) in [5, 5.41) is 10.8. The Bertz CT molecular complexity index is 757. The van der Waals surface area contributed by atoms with Gasteiger partial charge in [-0.3, -0.25) is 14.9 Å². The first-order valence-electron chi connectivity index (χ1n) is 6.84. The average Bonchev–Trinajstić information content (AvgIpc) is 2.96. The molecule has 0 radical (unpaired) electrons. The molecular formula is C14H13BrClN3O3S2. The maximum atomic E-state index is 12.3. The number of rotatable bonds is 6. The molecule has 6 nitrogen and oxygen atoms in total. The Labute approximate surface area is 160 Å². The highest BCUT2D eigenvalue weighted by molar-refractivity contribution is 9.10. The van der Waals surface area contributed by atoms with Crippen LogP contribution in [0.2, 0.25) is 5.02 Å². The van der Waals surface area contributed by atoms with Crippen LogP contribution < -0.4 is 5.32 Å². The second-order valence-electron chi connectivity index (χ2n) is 4.46. The monoisotopic (exact) mass is 449 g/mol. The van der Waals surface area contributed by atoms with E-state index < -0.39 is 5.25 Å². The summed E-state index contributed by atoms with van der Waals surface area (Å²) in [7, 11) is 0. The van der Waals surface area contributed by atoms with E-state index in [9.17, 15) is 9.59 Å². The van der Waals surface area contributed by atoms with Gasteiger partial charge in [0.25, 0.3) is 5.91 Å². The first-order chi connectivity index (χ1) is 11.4. The van der Waals surface area contributed by atoms with Crippen LogP contribution in [0.25, 0.3) is 0 Å². The number of anilines is 1. The number of nitrogens with one attached hydrogen (secondary N) is 1. The van der Waals surface area contributed by atoms with Crippen molar-refractivity contribution in [1.29, 1.82) is 0 Å². The summed E-state index contributed by atoms with van der Waals surface area (Å²) in [5.41, 5.74) is 0.329. The zero-order chi connectivity index (χ0) is 17.7. The van der Waals surface area contributed by atoms with Crippen molar-refractivity contribution in [3.05, 3.63) is 33.3 Å². The van der Waals surface area contributed by atoms with E-state index in [1.165, 1.54) is 23.1 Å². The lowest BCUT2D eigenvalue weighted by molar-refractivity contribution is -0.142. The third kappa shape index (κ3) is 5.17. The molecule has 2 rings (SSSR count). The van der Waals surface area contributed by atoms with E-state index in [1.807, 2.05) is 0 Å². The molecule has 0 saturated carbocycles. The van der Waals surface area contributed by atoms with Crippen molar-refractivity contribution in [1.82, 2.24) is 10.2 Å². The molecule has 0 aliphatic heterocycles. The average molecular weight is 451 g/mol. The van der Waals surface area contributed by atoms with Gasteiger partial charge >= 0.3 is 5.97 Å². The fourth-order valence-electron chi connectivity index (χ4n) is 1.60. The minimum atomic E-state index is -0.402. The second kappa shape index (κ2) is 8.80. The Hall–Kier alpha value is -1.16. The predicted molar refractivity (Wildman–Crippen MR) is 99.0 cm³/mol. The van der Waals surface area contributed by atoms with Crippen LogP contribution in [0.4, 0.5) is 5.13 Å². The molecule has 1 heterocycles. The minimum absolute atomic E-state index is 0.316. The standard InChI is InChI=1S/C14H13BrClN3O3S2/c1-3-22-12(21)7(2)23-14-19-18-13(24-14)17-11(20)9-6-8(15)4-5-10(9)16/h4-7H,3H2,1-2H3,(H,17,18,20). The molecular weight excluding hydrogens is 438 g/mol. The Morgan fingerprint density at radius 3 is 2.92 bits per heavy atom. The van der Waals surface area contributed by atoms with Gasteiger partial charge in [-0.1, -0.05) is 50.6 Å². The van der Waals surface area contributed by atoms with Crippen molar-refractivity contribution >= 4 is 67.6 Å². The first-order valence-corrected chi connectivity index (χ1v) is 9.70. The van der Waals surface area contributed by atoms with Crippen molar-refractivity contribution in [2.45, 2.75) is 23.4 Å². The lowest BCUT2D eigenvalue weighted by Crippen LogP contribution is -2.16. The molecule has 1 aromatic heterocycles. The summed E-state index contributed by atoms with van der Waals surface area (Å²) >= 11 is 11.7. The van der Waals surface area contributed by atoms with Gasteiger partial charge in [0, 0.05) is 4.47 Å². The van der Waals surface area contributed by atoms with E-state index in [-0.39, 0.29) is 11.9 Å². The number of halogens is 2. The van der Waals surface area contributed by atoms with E-state index in [4.69, 9.17) is 16.3 Å². The molecule has 1 amide bonds. The van der Waals surface area contributed by atoms with Gasteiger partial charge < -0.3 is 4.74 Å². The van der Waals surface area contributed by atoms with Crippen molar-refractivity contribution in [3.63, 3.8) is 0 Å². The molecule has 2 aromatic rings. The van der Waals surface area contributed by atoms with Crippen LogP contribution in [0.3, 0.4) is 0 Å². The SMILES string of the molecule is CCOC(=O)C(C)Sc1nnc(NC(=O)c2cc(Br)ccc2Cl)s1. The number of ether oxygens (including phenoxy) is 1. The number of esters is 1. The third-order valence-corrected chi connectivity index (χ3v) is 5.52. The Morgan fingerprint density at radius 1 is 1.46 bits per heavy atom. The Morgan fingerprint density at radius 2 is 2.21 bits per heavy atom. The molecule has 0 aliphatic carbocycles. The quantitative estimate of drug-likeness (QED) is 0.402. The zero-order valence-corrected chi connectivity index (χ0v) is 16.7. The van der Waals surface area contributed by atoms with E-state index in [1.54, 1.807) is 32.0 Å². The van der Waals surface area contributed by atoms with Gasteiger partial charge in [0.1, 0.15) is 5.25 Å². The number of aromatic nitrogens is 2. The van der Waals surface area contributed by atoms with Gasteiger partial charge in [-0.15, -0.1) is 10.2 Å². The number of carbonyl (C=O) groups is 2. The predicted octanol–water partition coefficient (Wildman–Crippen LogP) is 4.25. The van der Waals surface area contributed by atoms with E-state index in [0.29, 0.717) is 26.7 Å². The molecule has 0 spiro atoms. The summed E-state index contributed by atoms with van der Waals surface area (Å²) in [5.74, 6) is -0.698. The Balaban J connectivity index is 2.02. The second-order valence-corrected chi connectivity index (χ2v) is 8.35. The third-order valence-electron chi connectivity index (χ3n) is 2.70. The molecule has 0 bridgehead atoms. The highest BCUT2D eigenvalue weighted by Crippen LogP contribution is 2.30. The lowest BCUT2D eigenvalue weighted by atomic mass is 10.2. The summed E-state index contributed by atoms with van der Waals surface area (Å²) in [6, 6.07) is 5.00. The molecule has 0 saturated heterocycles. The maximum absolute atomic E-state index is 12.3. The van der Waals surface area contributed by atoms with E-state index >= 15 is 0 Å². The van der Waals surface area contributed by atoms with Gasteiger partial charge in [0.05, 0.1) is 17.2 Å². The number of hydrogen-bond donors (Lipinski definition) is 1. The normalized spacial score (nSPS) is 11.8. The van der Waals surface area contributed by atoms with Gasteiger partial charge in [-0.2, -0.15) is 0 Å². The fraction of sp³-hybridized carbons (Fsp3) is 0.286. The number of nitrogens with zero attached hydrogens (tertiary/aromatic N) is 2. The number of carbonyl (C=O) groups excluding carboxylic acids is 2. The van der Waals surface area contributed by atoms with Crippen LogP contribution in [-0.2, 0) is 9.53 Å². The fourth-order valence-corrected chi connectivity index (χ4v) is 4.06. The van der Waals surface area contributed by atoms with Crippen molar-refractivity contribution in [2.24, 2.45) is 0 Å². The topological polar surface area (TPSA) is 81.2 Å². The van der Waals surface area contributed by atoms with Crippen LogP contribution >= 0.6 is 50.6 Å². The van der Waals surface area contributed by atoms with E-state index in [2.05, 4.69) is 31.4 Å². The molecule has 1 unspecified atom stereocenters. The molecule has 24 heavy (non-hydrogen) atoms. The largest absolute Gasteiger partial charge is 0.465 e. The molecule has 1 atom stereocenters. The first kappa shape index (κ1) is 19.2. The van der Waals surface area contributed by atoms with Gasteiger partial charge in [0.2, 0.25) is 5.13 Å². The summed E-state index contributed by atoms with van der Waals surface area (Å²) in [6.07, 6.45) is 0. The van der Waals surface area contributed by atoms with Crippen LogP contribution in [0.15, 0.2) is 27.0 Å². The number of benzene rings is 1. The number of amides is 1. The summed E-state index contributed by atoms with van der Waals surface area (Å²) in [4.78, 5) is 23.9. The van der Waals surface area contributed by atoms with Crippen molar-refractivity contribution in [3.8, 4) is 0 Å². The molecule has 1 aromatic carbocycles. The van der Waals surface area contributed by atoms with Crippen LogP contribution in [-0.4, -0.2) is 33.9 Å². The van der Waals surface area contributed by atoms with Gasteiger partial charge in [-0.25, -0.2) is 0 Å². The minimum Gasteiger partial charge on any atom is -0.465 e. The smallest absolute Gasteiger partial charge is 0.319 e. The van der Waals surface area contributed by atoms with Crippen molar-refractivity contribution < 1.29 is 14.3 Å². The number of hydrogen-bond acceptors (Lipinski definition) is 7. The highest BCUT2D eigenvalue weighted by atomic mass is 79.9. The number of thioether (sulfide) groups is 1. The van der Waals surface area contributed by atoms with Crippen LogP contribution in [0, 0.1) is 0 Å². The molecule has 10 heteroatoms. The molecule has 1 N–H and O–H groups in total. The van der Waals surface area contributed by atoms with Crippen LogP contribution in [0.5, 0.6) is 0 Å². The summed E-state index contributed by atoms with van der Waals surface area (Å²) in [6.45, 7) is 3.80. The molecule has 0 fully saturated rings. The Kier molecular flexibility index (Phi) is 7.02. The highest BCUT2D eigenvalue weighted by Gasteiger charge is 2.19.